The molecule has 3 aromatic rings. The van der Waals surface area contributed by atoms with E-state index in [0.29, 0.717) is 39.1 Å². The first kappa shape index (κ1) is 23.7. The van der Waals surface area contributed by atoms with Crippen molar-refractivity contribution in [2.24, 2.45) is 0 Å². The molecule has 0 aliphatic carbocycles. The van der Waals surface area contributed by atoms with Gasteiger partial charge in [0.05, 0.1) is 21.3 Å². The summed E-state index contributed by atoms with van der Waals surface area (Å²) >= 11 is 6.16. The molecular formula is C25H22ClNO6S. The molecule has 0 N–H and O–H groups in total. The van der Waals surface area contributed by atoms with Crippen molar-refractivity contribution in [2.75, 3.05) is 26.2 Å². The van der Waals surface area contributed by atoms with Crippen molar-refractivity contribution in [1.82, 2.24) is 0 Å². The molecule has 7 nitrogen and oxygen atoms in total. The number of anilines is 1. The van der Waals surface area contributed by atoms with Crippen molar-refractivity contribution in [3.05, 3.63) is 87.8 Å². The van der Waals surface area contributed by atoms with Crippen LogP contribution in [0.25, 0.3) is 6.08 Å². The number of hydrogen-bond donors (Lipinski definition) is 0. The first-order chi connectivity index (χ1) is 16.3. The molecule has 176 valence electrons. The molecule has 0 radical (unpaired) electrons. The Kier molecular flexibility index (Phi) is 6.54. The van der Waals surface area contributed by atoms with Gasteiger partial charge in [0.1, 0.15) is 4.91 Å². The molecule has 1 atom stereocenters. The summed E-state index contributed by atoms with van der Waals surface area (Å²) in [5.41, 5.74) is 1.24. The van der Waals surface area contributed by atoms with Crippen LogP contribution < -0.4 is 19.1 Å². The van der Waals surface area contributed by atoms with Gasteiger partial charge in [0, 0.05) is 10.7 Å². The molecule has 1 aliphatic rings. The molecule has 1 amide bonds. The molecule has 1 unspecified atom stereocenters. The fourth-order valence-corrected chi connectivity index (χ4v) is 5.99. The largest absolute Gasteiger partial charge is 0.493 e. The fourth-order valence-electron chi connectivity index (χ4n) is 3.91. The number of nitrogens with zero attached hydrogens (tertiary/aromatic N) is 1. The Labute approximate surface area is 203 Å². The summed E-state index contributed by atoms with van der Waals surface area (Å²) in [6, 6.07) is 18.3. The van der Waals surface area contributed by atoms with E-state index in [2.05, 4.69) is 0 Å². The van der Waals surface area contributed by atoms with Gasteiger partial charge >= 0.3 is 0 Å². The standard InChI is InChI=1S/C25H22ClNO6S/c1-31-20-12-16(13-21(32-2)23(20)33-3)14-22-24(28)27(19-11-7-10-18(26)15-19)25(34(22,29)30)17-8-5-4-6-9-17/h4-15,25H,1-3H3. The van der Waals surface area contributed by atoms with Crippen LogP contribution in [0.5, 0.6) is 17.2 Å². The van der Waals surface area contributed by atoms with Gasteiger partial charge in [0.15, 0.2) is 16.9 Å². The summed E-state index contributed by atoms with van der Waals surface area (Å²) < 4.78 is 43.6. The van der Waals surface area contributed by atoms with E-state index < -0.39 is 21.1 Å². The van der Waals surface area contributed by atoms with Crippen molar-refractivity contribution in [2.45, 2.75) is 5.37 Å². The topological polar surface area (TPSA) is 82.1 Å². The van der Waals surface area contributed by atoms with Crippen molar-refractivity contribution in [3.63, 3.8) is 0 Å². The predicted octanol–water partition coefficient (Wildman–Crippen LogP) is 4.87. The number of amides is 1. The zero-order valence-electron chi connectivity index (χ0n) is 18.7. The number of sulfone groups is 1. The molecule has 4 rings (SSSR count). The SMILES string of the molecule is COc1cc(C=C2C(=O)N(c3cccc(Cl)c3)C(c3ccccc3)S2(=O)=O)cc(OC)c1OC. The number of ether oxygens (including phenoxy) is 3. The van der Waals surface area contributed by atoms with E-state index in [1.54, 1.807) is 66.7 Å². The third-order valence-corrected chi connectivity index (χ3v) is 7.63. The van der Waals surface area contributed by atoms with E-state index in [4.69, 9.17) is 25.8 Å². The first-order valence-electron chi connectivity index (χ1n) is 10.2. The van der Waals surface area contributed by atoms with E-state index in [1.807, 2.05) is 0 Å². The number of carbonyl (C=O) groups excluding carboxylic acids is 1. The summed E-state index contributed by atoms with van der Waals surface area (Å²) in [7, 11) is 0.270. The quantitative estimate of drug-likeness (QED) is 0.450. The normalized spacial score (nSPS) is 18.2. The highest BCUT2D eigenvalue weighted by Crippen LogP contribution is 2.45. The van der Waals surface area contributed by atoms with Gasteiger partial charge in [-0.2, -0.15) is 0 Å². The van der Waals surface area contributed by atoms with Crippen molar-refractivity contribution in [1.29, 1.82) is 0 Å². The molecular weight excluding hydrogens is 478 g/mol. The molecule has 1 fully saturated rings. The summed E-state index contributed by atoms with van der Waals surface area (Å²) in [6.07, 6.45) is 1.32. The molecule has 1 heterocycles. The maximum Gasteiger partial charge on any atom is 0.271 e. The molecule has 3 aromatic carbocycles. The van der Waals surface area contributed by atoms with Gasteiger partial charge in [-0.25, -0.2) is 8.42 Å². The molecule has 0 spiro atoms. The van der Waals surface area contributed by atoms with E-state index in [-0.39, 0.29) is 4.91 Å². The zero-order chi connectivity index (χ0) is 24.5. The van der Waals surface area contributed by atoms with Crippen molar-refractivity contribution in [3.8, 4) is 17.2 Å². The lowest BCUT2D eigenvalue weighted by atomic mass is 10.1. The molecule has 0 bridgehead atoms. The summed E-state index contributed by atoms with van der Waals surface area (Å²) in [6.45, 7) is 0. The Balaban J connectivity index is 1.93. The lowest BCUT2D eigenvalue weighted by Crippen LogP contribution is -2.28. The Bertz CT molecular complexity index is 1350. The van der Waals surface area contributed by atoms with Gasteiger partial charge in [-0.05, 0) is 47.5 Å². The third-order valence-electron chi connectivity index (χ3n) is 5.42. The highest BCUT2D eigenvalue weighted by atomic mass is 35.5. The van der Waals surface area contributed by atoms with Crippen LogP contribution in [0.15, 0.2) is 71.6 Å². The van der Waals surface area contributed by atoms with Crippen LogP contribution in [0.1, 0.15) is 16.5 Å². The van der Waals surface area contributed by atoms with Crippen LogP contribution in [0.4, 0.5) is 5.69 Å². The average Bonchev–Trinajstić information content (AvgIpc) is 3.04. The van der Waals surface area contributed by atoms with Crippen LogP contribution in [-0.4, -0.2) is 35.7 Å². The second-order valence-electron chi connectivity index (χ2n) is 7.43. The Morgan fingerprint density at radius 2 is 1.53 bits per heavy atom. The minimum atomic E-state index is -4.11. The molecule has 0 aromatic heterocycles. The number of halogens is 1. The number of hydrogen-bond acceptors (Lipinski definition) is 6. The maximum atomic E-state index is 13.8. The highest BCUT2D eigenvalue weighted by molar-refractivity contribution is 7.97. The maximum absolute atomic E-state index is 13.8. The molecule has 34 heavy (non-hydrogen) atoms. The Morgan fingerprint density at radius 3 is 2.09 bits per heavy atom. The van der Waals surface area contributed by atoms with Crippen LogP contribution in [0, 0.1) is 0 Å². The number of rotatable bonds is 6. The van der Waals surface area contributed by atoms with Gasteiger partial charge in [-0.15, -0.1) is 0 Å². The Morgan fingerprint density at radius 1 is 0.882 bits per heavy atom. The zero-order valence-corrected chi connectivity index (χ0v) is 20.3. The molecule has 0 saturated carbocycles. The summed E-state index contributed by atoms with van der Waals surface area (Å²) in [4.78, 5) is 14.5. The van der Waals surface area contributed by atoms with Crippen LogP contribution >= 0.6 is 11.6 Å². The van der Waals surface area contributed by atoms with E-state index in [9.17, 15) is 13.2 Å². The second-order valence-corrected chi connectivity index (χ2v) is 9.84. The predicted molar refractivity (Wildman–Crippen MR) is 131 cm³/mol. The first-order valence-corrected chi connectivity index (χ1v) is 12.1. The minimum Gasteiger partial charge on any atom is -0.493 e. The van der Waals surface area contributed by atoms with Crippen LogP contribution in [0.2, 0.25) is 5.02 Å². The van der Waals surface area contributed by atoms with E-state index >= 15 is 0 Å². The van der Waals surface area contributed by atoms with Gasteiger partial charge in [-0.3, -0.25) is 9.69 Å². The van der Waals surface area contributed by atoms with Gasteiger partial charge in [0.25, 0.3) is 5.91 Å². The minimum absolute atomic E-state index is 0.336. The third kappa shape index (κ3) is 4.10. The monoisotopic (exact) mass is 499 g/mol. The van der Waals surface area contributed by atoms with Gasteiger partial charge in [-0.1, -0.05) is 48.0 Å². The Hall–Kier alpha value is -3.49. The van der Waals surface area contributed by atoms with Gasteiger partial charge in [0.2, 0.25) is 15.6 Å². The van der Waals surface area contributed by atoms with Crippen LogP contribution in [-0.2, 0) is 14.6 Å². The molecule has 9 heteroatoms. The van der Waals surface area contributed by atoms with E-state index in [1.165, 1.54) is 32.3 Å². The van der Waals surface area contributed by atoms with Crippen LogP contribution in [0.3, 0.4) is 0 Å². The van der Waals surface area contributed by atoms with Crippen molar-refractivity contribution < 1.29 is 27.4 Å². The molecule has 1 aliphatic heterocycles. The lowest BCUT2D eigenvalue weighted by molar-refractivity contribution is -0.114. The molecule has 1 saturated heterocycles. The number of carbonyl (C=O) groups is 1. The lowest BCUT2D eigenvalue weighted by Gasteiger charge is -2.23. The smallest absolute Gasteiger partial charge is 0.271 e. The summed E-state index contributed by atoms with van der Waals surface area (Å²) in [5.74, 6) is 0.367. The van der Waals surface area contributed by atoms with E-state index in [0.717, 1.165) is 0 Å². The number of methoxy groups -OCH3 is 3. The van der Waals surface area contributed by atoms with Crippen molar-refractivity contribution >= 4 is 39.1 Å². The second kappa shape index (κ2) is 9.40. The van der Waals surface area contributed by atoms with Gasteiger partial charge < -0.3 is 14.2 Å². The fraction of sp³-hybridized carbons (Fsp3) is 0.160. The highest BCUT2D eigenvalue weighted by Gasteiger charge is 2.50. The average molecular weight is 500 g/mol. The number of benzene rings is 3. The summed E-state index contributed by atoms with van der Waals surface area (Å²) in [5, 5.41) is -0.857.